The highest BCUT2D eigenvalue weighted by Crippen LogP contribution is 2.11. The molecule has 0 aliphatic carbocycles. The summed E-state index contributed by atoms with van der Waals surface area (Å²) in [5.41, 5.74) is 1.23. The Balaban J connectivity index is 2.04. The molecule has 0 amide bonds. The molecule has 0 atom stereocenters. The van der Waals surface area contributed by atoms with E-state index in [-0.39, 0.29) is 0 Å². The number of hydrogen-bond acceptors (Lipinski definition) is 5. The molecule has 0 saturated carbocycles. The molecule has 1 aromatic carbocycles. The van der Waals surface area contributed by atoms with Gasteiger partial charge in [-0.25, -0.2) is 14.6 Å². The first-order valence-electron chi connectivity index (χ1n) is 7.22. The number of fused-ring (bicyclic) bond motifs is 1. The summed E-state index contributed by atoms with van der Waals surface area (Å²) in [5, 5.41) is 0. The lowest BCUT2D eigenvalue weighted by molar-refractivity contribution is 0.0600. The lowest BCUT2D eigenvalue weighted by Gasteiger charge is -2.07. The van der Waals surface area contributed by atoms with E-state index in [4.69, 9.17) is 0 Å². The van der Waals surface area contributed by atoms with Crippen LogP contribution in [0.4, 0.5) is 0 Å². The zero-order chi connectivity index (χ0) is 17.4. The summed E-state index contributed by atoms with van der Waals surface area (Å²) < 4.78 is 8.74. The van der Waals surface area contributed by atoms with Crippen LogP contribution in [0.5, 0.6) is 0 Å². The molecule has 2 aromatic heterocycles. The molecule has 8 heteroatoms. The highest BCUT2D eigenvalue weighted by Gasteiger charge is 2.14. The highest BCUT2D eigenvalue weighted by atomic mass is 16.5. The molecule has 0 saturated heterocycles. The van der Waals surface area contributed by atoms with Crippen molar-refractivity contribution in [1.29, 1.82) is 0 Å². The Hall–Kier alpha value is -3.16. The molecule has 0 aliphatic heterocycles. The van der Waals surface area contributed by atoms with Gasteiger partial charge in [-0.1, -0.05) is 12.1 Å². The minimum Gasteiger partial charge on any atom is -0.465 e. The van der Waals surface area contributed by atoms with E-state index in [1.54, 1.807) is 35.9 Å². The van der Waals surface area contributed by atoms with Gasteiger partial charge in [0.2, 0.25) is 0 Å². The Morgan fingerprint density at radius 3 is 2.42 bits per heavy atom. The van der Waals surface area contributed by atoms with Crippen LogP contribution in [0, 0.1) is 0 Å². The summed E-state index contributed by atoms with van der Waals surface area (Å²) in [6.45, 7) is 0.394. The molecule has 0 fully saturated rings. The fourth-order valence-electron chi connectivity index (χ4n) is 2.58. The maximum atomic E-state index is 12.4. The first kappa shape index (κ1) is 15.7. The number of imidazole rings is 1. The van der Waals surface area contributed by atoms with Crippen LogP contribution in [-0.2, 0) is 25.4 Å². The fourth-order valence-corrected chi connectivity index (χ4v) is 2.58. The third-order valence-electron chi connectivity index (χ3n) is 3.95. The van der Waals surface area contributed by atoms with Gasteiger partial charge in [-0.3, -0.25) is 13.9 Å². The molecule has 124 valence electrons. The first-order valence-corrected chi connectivity index (χ1v) is 7.22. The molecule has 24 heavy (non-hydrogen) atoms. The van der Waals surface area contributed by atoms with Gasteiger partial charge in [0.05, 0.1) is 19.0 Å². The average molecular weight is 328 g/mol. The second-order valence-electron chi connectivity index (χ2n) is 5.44. The first-order chi connectivity index (χ1) is 11.4. The third kappa shape index (κ3) is 2.41. The Bertz CT molecular complexity index is 1040. The smallest absolute Gasteiger partial charge is 0.337 e. The zero-order valence-electron chi connectivity index (χ0n) is 13.5. The molecule has 2 heterocycles. The van der Waals surface area contributed by atoms with Crippen LogP contribution in [0.15, 0.2) is 40.2 Å². The van der Waals surface area contributed by atoms with E-state index in [1.165, 1.54) is 25.1 Å². The quantitative estimate of drug-likeness (QED) is 0.644. The van der Waals surface area contributed by atoms with Crippen LogP contribution in [-0.4, -0.2) is 31.8 Å². The second kappa shape index (κ2) is 5.80. The summed E-state index contributed by atoms with van der Waals surface area (Å²) in [7, 11) is 4.34. The molecule has 0 N–H and O–H groups in total. The van der Waals surface area contributed by atoms with Gasteiger partial charge >= 0.3 is 11.7 Å². The van der Waals surface area contributed by atoms with Gasteiger partial charge in [-0.15, -0.1) is 0 Å². The molecule has 3 rings (SSSR count). The number of rotatable bonds is 3. The summed E-state index contributed by atoms with van der Waals surface area (Å²) in [6.07, 6.45) is 1.53. The SMILES string of the molecule is COC(=O)c1ccc(Cn2cnc3c2c(=O)n(C)c(=O)n3C)cc1. The van der Waals surface area contributed by atoms with Crippen LogP contribution in [0.25, 0.3) is 11.2 Å². The normalized spacial score (nSPS) is 11.0. The summed E-state index contributed by atoms with van der Waals surface area (Å²) in [4.78, 5) is 39.9. The van der Waals surface area contributed by atoms with Gasteiger partial charge < -0.3 is 9.30 Å². The van der Waals surface area contributed by atoms with Crippen molar-refractivity contribution in [2.75, 3.05) is 7.11 Å². The van der Waals surface area contributed by atoms with Crippen molar-refractivity contribution in [3.63, 3.8) is 0 Å². The van der Waals surface area contributed by atoms with Crippen LogP contribution in [0.3, 0.4) is 0 Å². The minimum atomic E-state index is -0.416. The molecular formula is C16H16N4O4. The van der Waals surface area contributed by atoms with Crippen LogP contribution in [0.1, 0.15) is 15.9 Å². The fraction of sp³-hybridized carbons (Fsp3) is 0.250. The monoisotopic (exact) mass is 328 g/mol. The van der Waals surface area contributed by atoms with E-state index < -0.39 is 17.2 Å². The van der Waals surface area contributed by atoms with Crippen molar-refractivity contribution in [1.82, 2.24) is 18.7 Å². The molecule has 8 nitrogen and oxygen atoms in total. The molecule has 0 aliphatic rings. The minimum absolute atomic E-state index is 0.342. The summed E-state index contributed by atoms with van der Waals surface area (Å²) >= 11 is 0. The number of aromatic nitrogens is 4. The maximum Gasteiger partial charge on any atom is 0.337 e. The predicted molar refractivity (Wildman–Crippen MR) is 87.1 cm³/mol. The van der Waals surface area contributed by atoms with Crippen LogP contribution in [0.2, 0.25) is 0 Å². The predicted octanol–water partition coefficient (Wildman–Crippen LogP) is 0.269. The number of nitrogens with zero attached hydrogens (tertiary/aromatic N) is 4. The summed E-state index contributed by atoms with van der Waals surface area (Å²) in [5.74, 6) is -0.404. The third-order valence-corrected chi connectivity index (χ3v) is 3.95. The van der Waals surface area contributed by atoms with Crippen LogP contribution < -0.4 is 11.2 Å². The van der Waals surface area contributed by atoms with Crippen molar-refractivity contribution in [2.45, 2.75) is 6.54 Å². The lowest BCUT2D eigenvalue weighted by Crippen LogP contribution is -2.37. The zero-order valence-corrected chi connectivity index (χ0v) is 13.5. The highest BCUT2D eigenvalue weighted by molar-refractivity contribution is 5.89. The summed E-state index contributed by atoms with van der Waals surface area (Å²) in [6, 6.07) is 6.89. The number of aryl methyl sites for hydroxylation is 1. The molecular weight excluding hydrogens is 312 g/mol. The van der Waals surface area contributed by atoms with Gasteiger partial charge in [-0.2, -0.15) is 0 Å². The standard InChI is InChI=1S/C16H16N4O4/c1-18-13-12(14(21)19(2)16(18)23)20(9-17-13)8-10-4-6-11(7-5-10)15(22)24-3/h4-7,9H,8H2,1-3H3. The number of ether oxygens (including phenoxy) is 1. The number of benzene rings is 1. The average Bonchev–Trinajstić information content (AvgIpc) is 3.01. The number of hydrogen-bond donors (Lipinski definition) is 0. The van der Waals surface area contributed by atoms with E-state index in [0.717, 1.165) is 10.1 Å². The Morgan fingerprint density at radius 2 is 1.79 bits per heavy atom. The van der Waals surface area contributed by atoms with E-state index >= 15 is 0 Å². The van der Waals surface area contributed by atoms with E-state index in [2.05, 4.69) is 9.72 Å². The second-order valence-corrected chi connectivity index (χ2v) is 5.44. The Kier molecular flexibility index (Phi) is 3.80. The van der Waals surface area contributed by atoms with Crippen molar-refractivity contribution < 1.29 is 9.53 Å². The molecule has 3 aromatic rings. The lowest BCUT2D eigenvalue weighted by atomic mass is 10.1. The van der Waals surface area contributed by atoms with Gasteiger partial charge in [0.1, 0.15) is 0 Å². The van der Waals surface area contributed by atoms with Crippen molar-refractivity contribution >= 4 is 17.1 Å². The van der Waals surface area contributed by atoms with Crippen LogP contribution >= 0.6 is 0 Å². The van der Waals surface area contributed by atoms with Gasteiger partial charge in [0.25, 0.3) is 5.56 Å². The van der Waals surface area contributed by atoms with E-state index in [0.29, 0.717) is 23.3 Å². The maximum absolute atomic E-state index is 12.4. The van der Waals surface area contributed by atoms with Gasteiger partial charge in [0, 0.05) is 20.6 Å². The largest absolute Gasteiger partial charge is 0.465 e. The Morgan fingerprint density at radius 1 is 1.12 bits per heavy atom. The van der Waals surface area contributed by atoms with Crippen molar-refractivity contribution in [3.05, 3.63) is 62.6 Å². The van der Waals surface area contributed by atoms with E-state index in [1.807, 2.05) is 0 Å². The number of esters is 1. The van der Waals surface area contributed by atoms with Crippen molar-refractivity contribution in [3.8, 4) is 0 Å². The Labute approximate surface area is 136 Å². The number of carbonyl (C=O) groups excluding carboxylic acids is 1. The van der Waals surface area contributed by atoms with Gasteiger partial charge in [-0.05, 0) is 17.7 Å². The topological polar surface area (TPSA) is 88.1 Å². The number of methoxy groups -OCH3 is 1. The molecule has 0 unspecified atom stereocenters. The molecule has 0 bridgehead atoms. The van der Waals surface area contributed by atoms with E-state index in [9.17, 15) is 14.4 Å². The van der Waals surface area contributed by atoms with Crippen molar-refractivity contribution in [2.24, 2.45) is 14.1 Å². The van der Waals surface area contributed by atoms with Gasteiger partial charge in [0.15, 0.2) is 11.2 Å². The molecule has 0 radical (unpaired) electrons. The number of carbonyl (C=O) groups is 1. The molecule has 0 spiro atoms.